The van der Waals surface area contributed by atoms with Gasteiger partial charge in [-0.3, -0.25) is 4.79 Å². The molecule has 1 atom stereocenters. The van der Waals surface area contributed by atoms with Gasteiger partial charge in [-0.2, -0.15) is 0 Å². The molecule has 0 bridgehead atoms. The van der Waals surface area contributed by atoms with Gasteiger partial charge in [-0.05, 0) is 32.6 Å². The van der Waals surface area contributed by atoms with Gasteiger partial charge in [0.15, 0.2) is 5.82 Å². The number of carbonyl (C=O) groups is 1. The molecule has 6 heteroatoms. The van der Waals surface area contributed by atoms with Crippen molar-refractivity contribution < 1.29 is 9.53 Å². The molecule has 0 spiro atoms. The molecular formula is C12H18N4O2. The summed E-state index contributed by atoms with van der Waals surface area (Å²) < 4.78 is 5.67. The number of anilines is 1. The molecule has 6 nitrogen and oxygen atoms in total. The number of carbonyl (C=O) groups excluding carboxylic acids is 1. The SMILES string of the molecule is CCOC(c1nc(C)c(C(N)=O)c(N)n1)C1CC1. The molecule has 1 aromatic rings. The summed E-state index contributed by atoms with van der Waals surface area (Å²) in [5.74, 6) is 0.550. The summed E-state index contributed by atoms with van der Waals surface area (Å²) in [6, 6.07) is 0. The fourth-order valence-corrected chi connectivity index (χ4v) is 2.05. The number of nitrogens with two attached hydrogens (primary N) is 2. The Morgan fingerprint density at radius 2 is 2.17 bits per heavy atom. The van der Waals surface area contributed by atoms with E-state index in [-0.39, 0.29) is 17.5 Å². The first-order valence-electron chi connectivity index (χ1n) is 6.10. The summed E-state index contributed by atoms with van der Waals surface area (Å²) in [7, 11) is 0. The molecule has 1 aliphatic carbocycles. The van der Waals surface area contributed by atoms with Crippen molar-refractivity contribution in [1.82, 2.24) is 9.97 Å². The van der Waals surface area contributed by atoms with E-state index in [2.05, 4.69) is 9.97 Å². The number of nitrogen functional groups attached to an aromatic ring is 1. The molecule has 1 amide bonds. The van der Waals surface area contributed by atoms with Crippen LogP contribution in [0, 0.1) is 12.8 Å². The van der Waals surface area contributed by atoms with E-state index in [4.69, 9.17) is 16.2 Å². The summed E-state index contributed by atoms with van der Waals surface area (Å²) >= 11 is 0. The maximum absolute atomic E-state index is 11.2. The number of rotatable bonds is 5. The Morgan fingerprint density at radius 3 is 2.61 bits per heavy atom. The van der Waals surface area contributed by atoms with E-state index in [0.717, 1.165) is 12.8 Å². The third kappa shape index (κ3) is 2.43. The highest BCUT2D eigenvalue weighted by molar-refractivity contribution is 5.98. The number of hydrogen-bond acceptors (Lipinski definition) is 5. The summed E-state index contributed by atoms with van der Waals surface area (Å²) in [6.45, 7) is 4.24. The van der Waals surface area contributed by atoms with Gasteiger partial charge in [-0.25, -0.2) is 9.97 Å². The topological polar surface area (TPSA) is 104 Å². The van der Waals surface area contributed by atoms with Crippen LogP contribution in [0.25, 0.3) is 0 Å². The fourth-order valence-electron chi connectivity index (χ4n) is 2.05. The predicted molar refractivity (Wildman–Crippen MR) is 66.8 cm³/mol. The van der Waals surface area contributed by atoms with Crippen LogP contribution in [0.1, 0.15) is 47.7 Å². The average Bonchev–Trinajstić information content (AvgIpc) is 3.07. The third-order valence-corrected chi connectivity index (χ3v) is 3.03. The van der Waals surface area contributed by atoms with E-state index in [1.807, 2.05) is 6.92 Å². The van der Waals surface area contributed by atoms with Crippen molar-refractivity contribution in [2.45, 2.75) is 32.8 Å². The van der Waals surface area contributed by atoms with Gasteiger partial charge in [0, 0.05) is 6.61 Å². The second kappa shape index (κ2) is 4.89. The largest absolute Gasteiger partial charge is 0.383 e. The van der Waals surface area contributed by atoms with Crippen LogP contribution in [0.4, 0.5) is 5.82 Å². The maximum atomic E-state index is 11.2. The summed E-state index contributed by atoms with van der Waals surface area (Å²) in [4.78, 5) is 19.7. The summed E-state index contributed by atoms with van der Waals surface area (Å²) in [6.07, 6.45) is 2.10. The molecule has 98 valence electrons. The molecule has 0 aromatic carbocycles. The molecule has 0 aliphatic heterocycles. The van der Waals surface area contributed by atoms with Crippen LogP contribution in [0.5, 0.6) is 0 Å². The van der Waals surface area contributed by atoms with E-state index < -0.39 is 5.91 Å². The maximum Gasteiger partial charge on any atom is 0.254 e. The normalized spacial score (nSPS) is 16.6. The minimum Gasteiger partial charge on any atom is -0.383 e. The van der Waals surface area contributed by atoms with Crippen LogP contribution in [0.3, 0.4) is 0 Å². The first kappa shape index (κ1) is 12.8. The standard InChI is InChI=1S/C12H18N4O2/c1-3-18-9(7-4-5-7)12-15-6(2)8(11(14)17)10(13)16-12/h7,9H,3-5H2,1-2H3,(H2,14,17)(H2,13,15,16). The van der Waals surface area contributed by atoms with Gasteiger partial charge in [0.1, 0.15) is 17.5 Å². The zero-order valence-electron chi connectivity index (χ0n) is 10.6. The quantitative estimate of drug-likeness (QED) is 0.809. The Morgan fingerprint density at radius 1 is 1.50 bits per heavy atom. The third-order valence-electron chi connectivity index (χ3n) is 3.03. The van der Waals surface area contributed by atoms with Crippen LogP contribution in [-0.2, 0) is 4.74 Å². The van der Waals surface area contributed by atoms with Crippen LogP contribution in [0.2, 0.25) is 0 Å². The van der Waals surface area contributed by atoms with Crippen molar-refractivity contribution >= 4 is 11.7 Å². The van der Waals surface area contributed by atoms with Crippen molar-refractivity contribution in [3.8, 4) is 0 Å². The molecular weight excluding hydrogens is 232 g/mol. The highest BCUT2D eigenvalue weighted by atomic mass is 16.5. The van der Waals surface area contributed by atoms with E-state index in [1.54, 1.807) is 6.92 Å². The number of amides is 1. The van der Waals surface area contributed by atoms with E-state index in [9.17, 15) is 4.79 Å². The van der Waals surface area contributed by atoms with Crippen LogP contribution < -0.4 is 11.5 Å². The van der Waals surface area contributed by atoms with Crippen LogP contribution in [-0.4, -0.2) is 22.5 Å². The van der Waals surface area contributed by atoms with Gasteiger partial charge in [-0.1, -0.05) is 0 Å². The molecule has 1 unspecified atom stereocenters. The molecule has 1 aromatic heterocycles. The molecule has 1 fully saturated rings. The number of ether oxygens (including phenoxy) is 1. The smallest absolute Gasteiger partial charge is 0.254 e. The Balaban J connectivity index is 2.36. The van der Waals surface area contributed by atoms with Gasteiger partial charge in [-0.15, -0.1) is 0 Å². The molecule has 0 saturated heterocycles. The van der Waals surface area contributed by atoms with Crippen LogP contribution >= 0.6 is 0 Å². The monoisotopic (exact) mass is 250 g/mol. The lowest BCUT2D eigenvalue weighted by Crippen LogP contribution is -2.20. The first-order chi connectivity index (χ1) is 8.54. The Labute approximate surface area is 106 Å². The zero-order chi connectivity index (χ0) is 13.3. The fraction of sp³-hybridized carbons (Fsp3) is 0.583. The predicted octanol–water partition coefficient (Wildman–Crippen LogP) is 0.954. The van der Waals surface area contributed by atoms with E-state index >= 15 is 0 Å². The van der Waals surface area contributed by atoms with Crippen molar-refractivity contribution in [2.75, 3.05) is 12.3 Å². The Hall–Kier alpha value is -1.69. The first-order valence-corrected chi connectivity index (χ1v) is 6.10. The highest BCUT2D eigenvalue weighted by Gasteiger charge is 2.35. The van der Waals surface area contributed by atoms with Gasteiger partial charge >= 0.3 is 0 Å². The lowest BCUT2D eigenvalue weighted by molar-refractivity contribution is 0.0400. The number of aromatic nitrogens is 2. The number of nitrogens with zero attached hydrogens (tertiary/aromatic N) is 2. The highest BCUT2D eigenvalue weighted by Crippen LogP contribution is 2.42. The van der Waals surface area contributed by atoms with Gasteiger partial charge in [0.2, 0.25) is 0 Å². The van der Waals surface area contributed by atoms with Gasteiger partial charge in [0.05, 0.1) is 5.69 Å². The molecule has 0 radical (unpaired) electrons. The zero-order valence-corrected chi connectivity index (χ0v) is 10.6. The molecule has 18 heavy (non-hydrogen) atoms. The molecule has 2 rings (SSSR count). The molecule has 1 heterocycles. The molecule has 4 N–H and O–H groups in total. The van der Waals surface area contributed by atoms with Gasteiger partial charge in [0.25, 0.3) is 5.91 Å². The van der Waals surface area contributed by atoms with E-state index in [1.165, 1.54) is 0 Å². The van der Waals surface area contributed by atoms with Crippen LogP contribution in [0.15, 0.2) is 0 Å². The van der Waals surface area contributed by atoms with Crippen molar-refractivity contribution in [2.24, 2.45) is 11.7 Å². The summed E-state index contributed by atoms with van der Waals surface area (Å²) in [5, 5.41) is 0. The van der Waals surface area contributed by atoms with E-state index in [0.29, 0.717) is 24.0 Å². The Bertz CT molecular complexity index is 448. The lowest BCUT2D eigenvalue weighted by Gasteiger charge is -2.16. The summed E-state index contributed by atoms with van der Waals surface area (Å²) in [5.41, 5.74) is 11.7. The number of aryl methyl sites for hydroxylation is 1. The average molecular weight is 250 g/mol. The van der Waals surface area contributed by atoms with Crippen molar-refractivity contribution in [1.29, 1.82) is 0 Å². The minimum absolute atomic E-state index is 0.127. The van der Waals surface area contributed by atoms with Crippen molar-refractivity contribution in [3.63, 3.8) is 0 Å². The molecule has 1 aliphatic rings. The van der Waals surface area contributed by atoms with Crippen molar-refractivity contribution in [3.05, 3.63) is 17.1 Å². The second-order valence-corrected chi connectivity index (χ2v) is 4.51. The number of hydrogen-bond donors (Lipinski definition) is 2. The second-order valence-electron chi connectivity index (χ2n) is 4.51. The van der Waals surface area contributed by atoms with Gasteiger partial charge < -0.3 is 16.2 Å². The lowest BCUT2D eigenvalue weighted by atomic mass is 10.1. The minimum atomic E-state index is -0.601. The number of primary amides is 1. The molecule has 1 saturated carbocycles. The Kier molecular flexibility index (Phi) is 3.47.